The SMILES string of the molecule is CCCCCC1CCC(C(=O)N(N)C(=O)c2ccncc2)CC1. The Labute approximate surface area is 138 Å². The molecule has 1 aromatic rings. The molecule has 0 aromatic carbocycles. The summed E-state index contributed by atoms with van der Waals surface area (Å²) in [6.07, 6.45) is 11.9. The van der Waals surface area contributed by atoms with E-state index in [9.17, 15) is 9.59 Å². The molecule has 5 heteroatoms. The standard InChI is InChI=1S/C18H27N3O2/c1-2-3-4-5-14-6-8-15(9-7-14)17(22)21(19)18(23)16-10-12-20-13-11-16/h10-15H,2-9,19H2,1H3. The minimum Gasteiger partial charge on any atom is -0.273 e. The topological polar surface area (TPSA) is 76.3 Å². The van der Waals surface area contributed by atoms with Crippen molar-refractivity contribution in [3.05, 3.63) is 30.1 Å². The fourth-order valence-corrected chi connectivity index (χ4v) is 3.31. The van der Waals surface area contributed by atoms with Crippen molar-refractivity contribution >= 4 is 11.8 Å². The molecule has 2 rings (SSSR count). The van der Waals surface area contributed by atoms with Crippen LogP contribution in [0, 0.1) is 11.8 Å². The van der Waals surface area contributed by atoms with E-state index in [2.05, 4.69) is 11.9 Å². The van der Waals surface area contributed by atoms with Crippen LogP contribution < -0.4 is 5.84 Å². The Balaban J connectivity index is 1.83. The molecule has 0 unspecified atom stereocenters. The number of carbonyl (C=O) groups excluding carboxylic acids is 2. The molecule has 1 aliphatic carbocycles. The highest BCUT2D eigenvalue weighted by molar-refractivity contribution is 6.04. The van der Waals surface area contributed by atoms with Crippen LogP contribution in [-0.2, 0) is 4.79 Å². The van der Waals surface area contributed by atoms with Gasteiger partial charge in [0.15, 0.2) is 0 Å². The molecule has 126 valence electrons. The Morgan fingerprint density at radius 1 is 1.17 bits per heavy atom. The van der Waals surface area contributed by atoms with E-state index >= 15 is 0 Å². The molecule has 1 fully saturated rings. The van der Waals surface area contributed by atoms with Crippen LogP contribution in [0.15, 0.2) is 24.5 Å². The highest BCUT2D eigenvalue weighted by atomic mass is 16.2. The van der Waals surface area contributed by atoms with Gasteiger partial charge in [0.1, 0.15) is 0 Å². The maximum Gasteiger partial charge on any atom is 0.274 e. The number of rotatable bonds is 6. The van der Waals surface area contributed by atoms with E-state index in [4.69, 9.17) is 5.84 Å². The summed E-state index contributed by atoms with van der Waals surface area (Å²) in [5, 5.41) is 0.789. The molecule has 0 saturated heterocycles. The number of imide groups is 1. The van der Waals surface area contributed by atoms with Crippen molar-refractivity contribution < 1.29 is 9.59 Å². The number of hydrazine groups is 1. The minimum atomic E-state index is -0.456. The molecule has 2 amide bonds. The van der Waals surface area contributed by atoms with Crippen LogP contribution in [0.4, 0.5) is 0 Å². The summed E-state index contributed by atoms with van der Waals surface area (Å²) in [5.74, 6) is 5.68. The van der Waals surface area contributed by atoms with Gasteiger partial charge in [-0.1, -0.05) is 32.6 Å². The smallest absolute Gasteiger partial charge is 0.273 e. The number of aromatic nitrogens is 1. The third-order valence-corrected chi connectivity index (χ3v) is 4.80. The lowest BCUT2D eigenvalue weighted by Gasteiger charge is -2.29. The van der Waals surface area contributed by atoms with E-state index in [1.165, 1.54) is 38.1 Å². The molecule has 0 aliphatic heterocycles. The van der Waals surface area contributed by atoms with E-state index in [0.29, 0.717) is 5.56 Å². The van der Waals surface area contributed by atoms with Gasteiger partial charge in [0.05, 0.1) is 0 Å². The minimum absolute atomic E-state index is 0.117. The Kier molecular flexibility index (Phi) is 6.71. The molecule has 1 aliphatic rings. The predicted molar refractivity (Wildman–Crippen MR) is 89.2 cm³/mol. The third-order valence-electron chi connectivity index (χ3n) is 4.80. The van der Waals surface area contributed by atoms with Gasteiger partial charge in [-0.2, -0.15) is 0 Å². The van der Waals surface area contributed by atoms with Crippen LogP contribution in [0.25, 0.3) is 0 Å². The lowest BCUT2D eigenvalue weighted by molar-refractivity contribution is -0.134. The molecule has 23 heavy (non-hydrogen) atoms. The quantitative estimate of drug-likeness (QED) is 0.287. The number of carbonyl (C=O) groups is 2. The Morgan fingerprint density at radius 2 is 1.83 bits per heavy atom. The Bertz CT molecular complexity index is 510. The maximum atomic E-state index is 12.4. The summed E-state index contributed by atoms with van der Waals surface area (Å²) in [7, 11) is 0. The number of nitrogens with zero attached hydrogens (tertiary/aromatic N) is 2. The van der Waals surface area contributed by atoms with Gasteiger partial charge < -0.3 is 0 Å². The average molecular weight is 317 g/mol. The molecule has 1 aromatic heterocycles. The zero-order chi connectivity index (χ0) is 16.7. The molecule has 1 saturated carbocycles. The normalized spacial score (nSPS) is 21.0. The maximum absolute atomic E-state index is 12.4. The lowest BCUT2D eigenvalue weighted by atomic mass is 9.79. The first kappa shape index (κ1) is 17.6. The first-order valence-electron chi connectivity index (χ1n) is 8.66. The van der Waals surface area contributed by atoms with Gasteiger partial charge in [-0.25, -0.2) is 10.9 Å². The Hall–Kier alpha value is -1.75. The molecule has 5 nitrogen and oxygen atoms in total. The van der Waals surface area contributed by atoms with E-state index in [-0.39, 0.29) is 11.8 Å². The third kappa shape index (κ3) is 4.86. The zero-order valence-corrected chi connectivity index (χ0v) is 13.9. The van der Waals surface area contributed by atoms with Gasteiger partial charge in [0, 0.05) is 23.9 Å². The van der Waals surface area contributed by atoms with Crippen LogP contribution >= 0.6 is 0 Å². The summed E-state index contributed by atoms with van der Waals surface area (Å²) in [6.45, 7) is 2.21. The van der Waals surface area contributed by atoms with Crippen molar-refractivity contribution in [3.8, 4) is 0 Å². The van der Waals surface area contributed by atoms with Gasteiger partial charge >= 0.3 is 0 Å². The second kappa shape index (κ2) is 8.77. The van der Waals surface area contributed by atoms with Crippen LogP contribution in [0.3, 0.4) is 0 Å². The van der Waals surface area contributed by atoms with Crippen molar-refractivity contribution in [2.24, 2.45) is 17.7 Å². The number of amides is 2. The zero-order valence-electron chi connectivity index (χ0n) is 13.9. The van der Waals surface area contributed by atoms with Gasteiger partial charge in [-0.3, -0.25) is 14.6 Å². The molecule has 0 radical (unpaired) electrons. The average Bonchev–Trinajstić information content (AvgIpc) is 2.61. The largest absolute Gasteiger partial charge is 0.274 e. The summed E-state index contributed by atoms with van der Waals surface area (Å²) < 4.78 is 0. The number of unbranched alkanes of at least 4 members (excludes halogenated alkanes) is 2. The van der Waals surface area contributed by atoms with E-state index < -0.39 is 5.91 Å². The fraction of sp³-hybridized carbons (Fsp3) is 0.611. The van der Waals surface area contributed by atoms with E-state index in [0.717, 1.165) is 36.6 Å². The van der Waals surface area contributed by atoms with Crippen LogP contribution in [0.5, 0.6) is 0 Å². The molecular formula is C18H27N3O2. The van der Waals surface area contributed by atoms with Gasteiger partial charge in [-0.15, -0.1) is 0 Å². The molecular weight excluding hydrogens is 290 g/mol. The number of hydrogen-bond acceptors (Lipinski definition) is 4. The van der Waals surface area contributed by atoms with E-state index in [1.807, 2.05) is 0 Å². The molecule has 1 heterocycles. The van der Waals surface area contributed by atoms with Crippen LogP contribution in [-0.4, -0.2) is 21.8 Å². The molecule has 0 spiro atoms. The number of hydrogen-bond donors (Lipinski definition) is 1. The first-order chi connectivity index (χ1) is 11.1. The predicted octanol–water partition coefficient (Wildman–Crippen LogP) is 3.31. The molecule has 0 bridgehead atoms. The summed E-state index contributed by atoms with van der Waals surface area (Å²) in [5.41, 5.74) is 0.393. The number of pyridine rings is 1. The summed E-state index contributed by atoms with van der Waals surface area (Å²) >= 11 is 0. The summed E-state index contributed by atoms with van der Waals surface area (Å²) in [4.78, 5) is 28.5. The lowest BCUT2D eigenvalue weighted by Crippen LogP contribution is -2.46. The first-order valence-corrected chi connectivity index (χ1v) is 8.66. The van der Waals surface area contributed by atoms with Crippen molar-refractivity contribution in [3.63, 3.8) is 0 Å². The molecule has 2 N–H and O–H groups in total. The second-order valence-corrected chi connectivity index (χ2v) is 6.46. The van der Waals surface area contributed by atoms with Crippen molar-refractivity contribution in [1.29, 1.82) is 0 Å². The molecule has 0 atom stereocenters. The number of nitrogens with two attached hydrogens (primary N) is 1. The summed E-state index contributed by atoms with van der Waals surface area (Å²) in [6, 6.07) is 3.14. The fourth-order valence-electron chi connectivity index (χ4n) is 3.31. The van der Waals surface area contributed by atoms with E-state index in [1.54, 1.807) is 12.1 Å². The van der Waals surface area contributed by atoms with Crippen molar-refractivity contribution in [2.45, 2.75) is 58.3 Å². The monoisotopic (exact) mass is 317 g/mol. The van der Waals surface area contributed by atoms with Crippen LogP contribution in [0.2, 0.25) is 0 Å². The van der Waals surface area contributed by atoms with Gasteiger partial charge in [0.2, 0.25) is 5.91 Å². The van der Waals surface area contributed by atoms with Gasteiger partial charge in [0.25, 0.3) is 5.91 Å². The van der Waals surface area contributed by atoms with Crippen molar-refractivity contribution in [1.82, 2.24) is 9.99 Å². The van der Waals surface area contributed by atoms with Crippen LogP contribution in [0.1, 0.15) is 68.6 Å². The second-order valence-electron chi connectivity index (χ2n) is 6.46. The highest BCUT2D eigenvalue weighted by Crippen LogP contribution is 2.32. The highest BCUT2D eigenvalue weighted by Gasteiger charge is 2.31. The van der Waals surface area contributed by atoms with Crippen molar-refractivity contribution in [2.75, 3.05) is 0 Å². The van der Waals surface area contributed by atoms with Gasteiger partial charge in [-0.05, 0) is 43.7 Å². The Morgan fingerprint density at radius 3 is 2.43 bits per heavy atom.